The summed E-state index contributed by atoms with van der Waals surface area (Å²) in [7, 11) is 0. The SMILES string of the molecule is C[C@H](NC(COC=O)c1ncnc2c1ncn2-c1cc(C2CC2)[nH]n1)c1ccc(F)cc1. The largest absolute Gasteiger partial charge is 0.466 e. The van der Waals surface area contributed by atoms with Crippen molar-refractivity contribution in [1.29, 1.82) is 0 Å². The van der Waals surface area contributed by atoms with E-state index >= 15 is 0 Å². The molecule has 32 heavy (non-hydrogen) atoms. The van der Waals surface area contributed by atoms with E-state index in [4.69, 9.17) is 4.74 Å². The summed E-state index contributed by atoms with van der Waals surface area (Å²) in [5, 5.41) is 10.9. The Morgan fingerprint density at radius 3 is 2.84 bits per heavy atom. The van der Waals surface area contributed by atoms with Crippen molar-refractivity contribution in [3.63, 3.8) is 0 Å². The molecule has 1 aromatic carbocycles. The van der Waals surface area contributed by atoms with Crippen molar-refractivity contribution >= 4 is 17.6 Å². The molecule has 10 heteroatoms. The molecule has 1 unspecified atom stereocenters. The van der Waals surface area contributed by atoms with Crippen LogP contribution in [0.3, 0.4) is 0 Å². The third-order valence-electron chi connectivity index (χ3n) is 5.69. The van der Waals surface area contributed by atoms with Crippen LogP contribution in [-0.2, 0) is 9.53 Å². The summed E-state index contributed by atoms with van der Waals surface area (Å²) in [6, 6.07) is 7.66. The van der Waals surface area contributed by atoms with Gasteiger partial charge in [0.1, 0.15) is 30.6 Å². The minimum absolute atomic E-state index is 0.0578. The third kappa shape index (κ3) is 3.96. The number of carbonyl (C=O) groups excluding carboxylic acids is 1. The predicted molar refractivity (Wildman–Crippen MR) is 113 cm³/mol. The van der Waals surface area contributed by atoms with Gasteiger partial charge >= 0.3 is 0 Å². The molecule has 0 bridgehead atoms. The normalized spacial score (nSPS) is 15.6. The summed E-state index contributed by atoms with van der Waals surface area (Å²) in [6.45, 7) is 2.40. The van der Waals surface area contributed by atoms with Crippen molar-refractivity contribution in [3.8, 4) is 5.82 Å². The molecule has 0 spiro atoms. The molecule has 0 saturated heterocycles. The smallest absolute Gasteiger partial charge is 0.293 e. The van der Waals surface area contributed by atoms with Crippen LogP contribution in [0.15, 0.2) is 43.0 Å². The Morgan fingerprint density at radius 2 is 2.09 bits per heavy atom. The van der Waals surface area contributed by atoms with E-state index in [0.29, 0.717) is 35.1 Å². The molecular formula is C22H22FN7O2. The van der Waals surface area contributed by atoms with Gasteiger partial charge in [0.05, 0.1) is 11.7 Å². The predicted octanol–water partition coefficient (Wildman–Crippen LogP) is 3.12. The molecule has 1 aliphatic rings. The number of nitrogens with one attached hydrogen (secondary N) is 2. The number of halogens is 1. The number of H-pyrrole nitrogens is 1. The fourth-order valence-corrected chi connectivity index (χ4v) is 3.82. The van der Waals surface area contributed by atoms with Gasteiger partial charge in [-0.2, -0.15) is 5.10 Å². The molecule has 0 aliphatic heterocycles. The fourth-order valence-electron chi connectivity index (χ4n) is 3.82. The summed E-state index contributed by atoms with van der Waals surface area (Å²) < 4.78 is 20.2. The van der Waals surface area contributed by atoms with Gasteiger partial charge in [0.25, 0.3) is 6.47 Å². The molecule has 9 nitrogen and oxygen atoms in total. The lowest BCUT2D eigenvalue weighted by Crippen LogP contribution is -2.29. The van der Waals surface area contributed by atoms with E-state index < -0.39 is 6.04 Å². The van der Waals surface area contributed by atoms with Crippen LogP contribution in [0.5, 0.6) is 0 Å². The topological polar surface area (TPSA) is 111 Å². The second kappa shape index (κ2) is 8.46. The number of carbonyl (C=O) groups is 1. The number of aromatic amines is 1. The Morgan fingerprint density at radius 1 is 1.28 bits per heavy atom. The van der Waals surface area contributed by atoms with Crippen molar-refractivity contribution in [1.82, 2.24) is 35.0 Å². The first-order valence-corrected chi connectivity index (χ1v) is 10.4. The minimum Gasteiger partial charge on any atom is -0.466 e. The van der Waals surface area contributed by atoms with Crippen LogP contribution >= 0.6 is 0 Å². The van der Waals surface area contributed by atoms with Gasteiger partial charge in [-0.05, 0) is 37.5 Å². The maximum absolute atomic E-state index is 13.3. The molecule has 4 aromatic rings. The van der Waals surface area contributed by atoms with Gasteiger partial charge in [0.2, 0.25) is 0 Å². The number of nitrogens with zero attached hydrogens (tertiary/aromatic N) is 5. The zero-order valence-electron chi connectivity index (χ0n) is 17.4. The number of ether oxygens (including phenoxy) is 1. The van der Waals surface area contributed by atoms with Crippen molar-refractivity contribution in [2.75, 3.05) is 6.61 Å². The second-order valence-electron chi connectivity index (χ2n) is 7.92. The van der Waals surface area contributed by atoms with Gasteiger partial charge in [-0.1, -0.05) is 12.1 Å². The zero-order chi connectivity index (χ0) is 22.1. The number of hydrogen-bond donors (Lipinski definition) is 2. The van der Waals surface area contributed by atoms with Gasteiger partial charge in [0, 0.05) is 23.7 Å². The van der Waals surface area contributed by atoms with Crippen LogP contribution in [0.25, 0.3) is 17.0 Å². The maximum Gasteiger partial charge on any atom is 0.293 e. The summed E-state index contributed by atoms with van der Waals surface area (Å²) in [4.78, 5) is 24.3. The number of aromatic nitrogens is 6. The molecule has 1 aliphatic carbocycles. The highest BCUT2D eigenvalue weighted by Gasteiger charge is 2.27. The first kappa shape index (κ1) is 20.3. The first-order valence-electron chi connectivity index (χ1n) is 10.4. The number of hydrogen-bond acceptors (Lipinski definition) is 7. The van der Waals surface area contributed by atoms with Crippen LogP contribution in [0.4, 0.5) is 4.39 Å². The van der Waals surface area contributed by atoms with Crippen molar-refractivity contribution < 1.29 is 13.9 Å². The molecule has 0 radical (unpaired) electrons. The van der Waals surface area contributed by atoms with Gasteiger partial charge in [-0.25, -0.2) is 19.3 Å². The van der Waals surface area contributed by atoms with Crippen molar-refractivity contribution in [3.05, 3.63) is 65.8 Å². The minimum atomic E-state index is -0.449. The lowest BCUT2D eigenvalue weighted by Gasteiger charge is -2.22. The van der Waals surface area contributed by atoms with Gasteiger partial charge in [-0.15, -0.1) is 0 Å². The quantitative estimate of drug-likeness (QED) is 0.389. The summed E-state index contributed by atoms with van der Waals surface area (Å²) >= 11 is 0. The molecule has 1 saturated carbocycles. The highest BCUT2D eigenvalue weighted by Crippen LogP contribution is 2.39. The Hall–Kier alpha value is -3.66. The standard InChI is InChI=1S/C22H22FN7O2/c1-13(14-4-6-16(23)7-5-14)27-18(9-32-12-31)20-21-22(25-10-24-20)30(11-26-21)19-8-17(28-29-19)15-2-3-15/h4-8,10-13,15,18,27H,2-3,9H2,1H3,(H,28,29)/t13-,18?/m0/s1. The molecule has 3 heterocycles. The molecular weight excluding hydrogens is 413 g/mol. The van der Waals surface area contributed by atoms with Crippen LogP contribution in [0.1, 0.15) is 54.7 Å². The van der Waals surface area contributed by atoms with E-state index in [2.05, 4.69) is 30.5 Å². The average Bonchev–Trinajstić information content (AvgIpc) is 3.38. The Labute approximate surface area is 183 Å². The van der Waals surface area contributed by atoms with E-state index in [0.717, 1.165) is 11.3 Å². The van der Waals surface area contributed by atoms with Gasteiger partial charge in [0.15, 0.2) is 11.5 Å². The molecule has 2 N–H and O–H groups in total. The molecule has 3 aromatic heterocycles. The van der Waals surface area contributed by atoms with E-state index in [9.17, 15) is 9.18 Å². The second-order valence-corrected chi connectivity index (χ2v) is 7.92. The number of fused-ring (bicyclic) bond motifs is 1. The number of rotatable bonds is 9. The lowest BCUT2D eigenvalue weighted by atomic mass is 10.1. The highest BCUT2D eigenvalue weighted by molar-refractivity contribution is 5.75. The maximum atomic E-state index is 13.3. The Kier molecular flexibility index (Phi) is 5.36. The van der Waals surface area contributed by atoms with Gasteiger partial charge < -0.3 is 4.74 Å². The molecule has 0 amide bonds. The fraction of sp³-hybridized carbons (Fsp3) is 0.318. The lowest BCUT2D eigenvalue weighted by molar-refractivity contribution is -0.129. The number of imidazole rings is 1. The van der Waals surface area contributed by atoms with E-state index in [1.165, 1.54) is 31.3 Å². The van der Waals surface area contributed by atoms with Crippen LogP contribution < -0.4 is 5.32 Å². The van der Waals surface area contributed by atoms with Crippen molar-refractivity contribution in [2.24, 2.45) is 0 Å². The third-order valence-corrected chi connectivity index (χ3v) is 5.69. The Balaban J connectivity index is 1.47. The molecule has 164 valence electrons. The van der Waals surface area contributed by atoms with E-state index in [-0.39, 0.29) is 18.5 Å². The highest BCUT2D eigenvalue weighted by atomic mass is 19.1. The summed E-state index contributed by atoms with van der Waals surface area (Å²) in [5.74, 6) is 0.971. The van der Waals surface area contributed by atoms with Crippen LogP contribution in [0.2, 0.25) is 0 Å². The van der Waals surface area contributed by atoms with Crippen LogP contribution in [-0.4, -0.2) is 42.8 Å². The van der Waals surface area contributed by atoms with Gasteiger partial charge in [-0.3, -0.25) is 19.8 Å². The van der Waals surface area contributed by atoms with Crippen LogP contribution in [0, 0.1) is 5.82 Å². The molecule has 5 rings (SSSR count). The van der Waals surface area contributed by atoms with E-state index in [1.54, 1.807) is 18.5 Å². The zero-order valence-corrected chi connectivity index (χ0v) is 17.4. The summed E-state index contributed by atoms with van der Waals surface area (Å²) in [5.41, 5.74) is 3.80. The molecule has 2 atom stereocenters. The van der Waals surface area contributed by atoms with E-state index in [1.807, 2.05) is 17.6 Å². The summed E-state index contributed by atoms with van der Waals surface area (Å²) in [6.07, 6.45) is 5.48. The Bertz CT molecular complexity index is 1230. The molecule has 1 fully saturated rings. The average molecular weight is 435 g/mol. The van der Waals surface area contributed by atoms with Crippen molar-refractivity contribution in [2.45, 2.75) is 37.8 Å². The number of benzene rings is 1. The first-order chi connectivity index (χ1) is 15.6. The monoisotopic (exact) mass is 435 g/mol.